The second-order valence-corrected chi connectivity index (χ2v) is 8.79. The van der Waals surface area contributed by atoms with Crippen LogP contribution in [0, 0.1) is 5.41 Å². The van der Waals surface area contributed by atoms with Crippen LogP contribution in [0.15, 0.2) is 0 Å². The van der Waals surface area contributed by atoms with Crippen LogP contribution in [0.1, 0.15) is 79.6 Å². The summed E-state index contributed by atoms with van der Waals surface area (Å²) in [6.45, 7) is 9.87. The van der Waals surface area contributed by atoms with Gasteiger partial charge in [-0.05, 0) is 51.9 Å². The molecule has 2 aliphatic rings. The molecule has 0 aromatic rings. The number of amides is 1. The van der Waals surface area contributed by atoms with Gasteiger partial charge in [0.1, 0.15) is 12.1 Å². The van der Waals surface area contributed by atoms with Crippen molar-refractivity contribution in [3.05, 3.63) is 0 Å². The van der Waals surface area contributed by atoms with Gasteiger partial charge in [-0.3, -0.25) is 14.9 Å². The quantitative estimate of drug-likeness (QED) is 0.613. The number of carbonyl (C=O) groups is 3. The van der Waals surface area contributed by atoms with E-state index in [1.165, 1.54) is 0 Å². The summed E-state index contributed by atoms with van der Waals surface area (Å²) in [4.78, 5) is 39.3. The van der Waals surface area contributed by atoms with Crippen LogP contribution in [0.2, 0.25) is 0 Å². The second kappa shape index (κ2) is 8.80. The van der Waals surface area contributed by atoms with Crippen LogP contribution in [0.25, 0.3) is 0 Å². The molecule has 1 aliphatic carbocycles. The summed E-state index contributed by atoms with van der Waals surface area (Å²) < 4.78 is 5.12. The Morgan fingerprint density at radius 2 is 1.86 bits per heavy atom. The van der Waals surface area contributed by atoms with Crippen molar-refractivity contribution in [2.75, 3.05) is 6.61 Å². The van der Waals surface area contributed by atoms with Gasteiger partial charge in [-0.25, -0.2) is 4.79 Å². The Kier molecular flexibility index (Phi) is 7.12. The van der Waals surface area contributed by atoms with E-state index in [0.717, 1.165) is 32.1 Å². The fourth-order valence-electron chi connectivity index (χ4n) is 5.13. The number of nitrogens with zero attached hydrogens (tertiary/aromatic N) is 1. The van der Waals surface area contributed by atoms with Crippen molar-refractivity contribution in [2.45, 2.75) is 103 Å². The van der Waals surface area contributed by atoms with Crippen molar-refractivity contribution in [3.8, 4) is 0 Å². The van der Waals surface area contributed by atoms with Crippen LogP contribution in [0.4, 0.5) is 0 Å². The van der Waals surface area contributed by atoms with Gasteiger partial charge in [-0.1, -0.05) is 33.1 Å². The Bertz CT molecular complexity index is 610. The molecule has 0 radical (unpaired) electrons. The van der Waals surface area contributed by atoms with Crippen molar-refractivity contribution >= 4 is 17.8 Å². The number of ether oxygens (including phenoxy) is 1. The maximum absolute atomic E-state index is 13.4. The smallest absolute Gasteiger partial charge is 0.326 e. The highest BCUT2D eigenvalue weighted by molar-refractivity contribution is 5.89. The molecule has 2 unspecified atom stereocenters. The first kappa shape index (κ1) is 22.7. The van der Waals surface area contributed by atoms with E-state index in [4.69, 9.17) is 4.74 Å². The molecule has 1 saturated carbocycles. The molecule has 0 aromatic heterocycles. The molecule has 7 heteroatoms. The maximum atomic E-state index is 13.4. The zero-order valence-corrected chi connectivity index (χ0v) is 17.9. The first-order valence-corrected chi connectivity index (χ1v) is 10.6. The summed E-state index contributed by atoms with van der Waals surface area (Å²) in [7, 11) is 0. The van der Waals surface area contributed by atoms with E-state index in [1.54, 1.807) is 18.7 Å². The fraction of sp³-hybridized carbons (Fsp3) is 0.857. The van der Waals surface area contributed by atoms with E-state index in [1.807, 2.05) is 13.8 Å². The molecule has 1 amide bonds. The molecule has 160 valence electrons. The number of rotatable bonds is 8. The molecule has 2 rings (SSSR count). The van der Waals surface area contributed by atoms with Gasteiger partial charge >= 0.3 is 11.9 Å². The maximum Gasteiger partial charge on any atom is 0.326 e. The molecule has 1 saturated heterocycles. The molecule has 2 N–H and O–H groups in total. The number of carboxylic acid groups (broad SMARTS) is 1. The molecular formula is C21H36N2O5. The first-order chi connectivity index (χ1) is 13.1. The molecular weight excluding hydrogens is 360 g/mol. The number of carbonyl (C=O) groups excluding carboxylic acids is 2. The number of hydrogen-bond donors (Lipinski definition) is 2. The Labute approximate surface area is 168 Å². The summed E-state index contributed by atoms with van der Waals surface area (Å²) in [6, 6.07) is -2.05. The lowest BCUT2D eigenvalue weighted by molar-refractivity contribution is -0.155. The number of likely N-dealkylation sites (tertiary alicyclic amines) is 1. The van der Waals surface area contributed by atoms with Gasteiger partial charge in [0.2, 0.25) is 5.91 Å². The number of hydrogen-bond acceptors (Lipinski definition) is 5. The van der Waals surface area contributed by atoms with Gasteiger partial charge in [0, 0.05) is 5.54 Å². The average Bonchev–Trinajstić information content (AvgIpc) is 2.88. The van der Waals surface area contributed by atoms with Crippen molar-refractivity contribution < 1.29 is 24.2 Å². The molecule has 0 spiro atoms. The van der Waals surface area contributed by atoms with E-state index in [0.29, 0.717) is 12.8 Å². The SMILES string of the molecule is CCCC(NC(C)C(=O)N1[C@@H](C(=O)O)C[C@@]2(C)CCCC[C@@]12C)C(=O)OCC. The van der Waals surface area contributed by atoms with Crippen molar-refractivity contribution in [1.82, 2.24) is 10.2 Å². The lowest BCUT2D eigenvalue weighted by Gasteiger charge is -2.50. The summed E-state index contributed by atoms with van der Waals surface area (Å²) in [5, 5.41) is 12.9. The average molecular weight is 397 g/mol. The highest BCUT2D eigenvalue weighted by Crippen LogP contribution is 2.56. The van der Waals surface area contributed by atoms with Gasteiger partial charge in [-0.15, -0.1) is 0 Å². The number of aliphatic carboxylic acids is 1. The second-order valence-electron chi connectivity index (χ2n) is 8.79. The Hall–Kier alpha value is -1.63. The molecule has 1 heterocycles. The molecule has 2 fully saturated rings. The third-order valence-electron chi connectivity index (χ3n) is 6.92. The predicted octanol–water partition coefficient (Wildman–Crippen LogP) is 2.72. The molecule has 28 heavy (non-hydrogen) atoms. The largest absolute Gasteiger partial charge is 0.480 e. The van der Waals surface area contributed by atoms with Crippen LogP contribution < -0.4 is 5.32 Å². The number of fused-ring (bicyclic) bond motifs is 1. The minimum Gasteiger partial charge on any atom is -0.480 e. The van der Waals surface area contributed by atoms with E-state index in [-0.39, 0.29) is 23.9 Å². The molecule has 0 aromatic carbocycles. The topological polar surface area (TPSA) is 95.9 Å². The van der Waals surface area contributed by atoms with Crippen LogP contribution in [0.5, 0.6) is 0 Å². The standard InChI is InChI=1S/C21H36N2O5/c1-6-10-15(19(27)28-7-2)22-14(3)17(24)23-16(18(25)26)13-20(4)11-8-9-12-21(20,23)5/h14-16,22H,6-13H2,1-5H3,(H,25,26)/t14?,15?,16-,20-,21-/m1/s1. The van der Waals surface area contributed by atoms with Crippen LogP contribution in [-0.4, -0.2) is 58.1 Å². The van der Waals surface area contributed by atoms with Crippen molar-refractivity contribution in [2.24, 2.45) is 5.41 Å². The van der Waals surface area contributed by atoms with Crippen molar-refractivity contribution in [1.29, 1.82) is 0 Å². The summed E-state index contributed by atoms with van der Waals surface area (Å²) in [6.07, 6.45) is 5.61. The lowest BCUT2D eigenvalue weighted by Crippen LogP contribution is -2.61. The molecule has 7 nitrogen and oxygen atoms in total. The monoisotopic (exact) mass is 396 g/mol. The molecule has 1 aliphatic heterocycles. The minimum absolute atomic E-state index is 0.201. The normalized spacial score (nSPS) is 31.8. The Morgan fingerprint density at radius 3 is 2.43 bits per heavy atom. The van der Waals surface area contributed by atoms with Crippen LogP contribution in [-0.2, 0) is 19.1 Å². The van der Waals surface area contributed by atoms with Crippen LogP contribution in [0.3, 0.4) is 0 Å². The number of nitrogens with one attached hydrogen (secondary N) is 1. The highest BCUT2D eigenvalue weighted by atomic mass is 16.5. The van der Waals surface area contributed by atoms with Gasteiger partial charge in [-0.2, -0.15) is 0 Å². The number of carboxylic acids is 1. The van der Waals surface area contributed by atoms with Gasteiger partial charge in [0.25, 0.3) is 0 Å². The van der Waals surface area contributed by atoms with Crippen molar-refractivity contribution in [3.63, 3.8) is 0 Å². The Balaban J connectivity index is 2.25. The lowest BCUT2D eigenvalue weighted by atomic mass is 9.63. The Morgan fingerprint density at radius 1 is 1.21 bits per heavy atom. The van der Waals surface area contributed by atoms with E-state index < -0.39 is 29.6 Å². The summed E-state index contributed by atoms with van der Waals surface area (Å²) in [5.74, 6) is -1.56. The first-order valence-electron chi connectivity index (χ1n) is 10.6. The zero-order valence-electron chi connectivity index (χ0n) is 17.9. The highest BCUT2D eigenvalue weighted by Gasteiger charge is 2.61. The van der Waals surface area contributed by atoms with E-state index in [9.17, 15) is 19.5 Å². The fourth-order valence-corrected chi connectivity index (χ4v) is 5.13. The third kappa shape index (κ3) is 4.04. The predicted molar refractivity (Wildman–Crippen MR) is 106 cm³/mol. The molecule has 5 atom stereocenters. The van der Waals surface area contributed by atoms with Gasteiger partial charge < -0.3 is 14.7 Å². The summed E-state index contributed by atoms with van der Waals surface area (Å²) >= 11 is 0. The summed E-state index contributed by atoms with van der Waals surface area (Å²) in [5.41, 5.74) is -0.681. The molecule has 0 bridgehead atoms. The zero-order chi connectivity index (χ0) is 21.1. The third-order valence-corrected chi connectivity index (χ3v) is 6.92. The minimum atomic E-state index is -0.951. The van der Waals surface area contributed by atoms with E-state index in [2.05, 4.69) is 12.2 Å². The van der Waals surface area contributed by atoms with Crippen LogP contribution >= 0.6 is 0 Å². The van der Waals surface area contributed by atoms with Gasteiger partial charge in [0.05, 0.1) is 12.6 Å². The van der Waals surface area contributed by atoms with E-state index >= 15 is 0 Å². The number of esters is 1. The van der Waals surface area contributed by atoms with Gasteiger partial charge in [0.15, 0.2) is 0 Å².